The van der Waals surface area contributed by atoms with Crippen LogP contribution in [0.2, 0.25) is 0 Å². The van der Waals surface area contributed by atoms with Crippen LogP contribution < -0.4 is 5.73 Å². The summed E-state index contributed by atoms with van der Waals surface area (Å²) < 4.78 is 13.1. The van der Waals surface area contributed by atoms with Gasteiger partial charge >= 0.3 is 0 Å². The second-order valence-electron chi connectivity index (χ2n) is 3.42. The molecule has 0 bridgehead atoms. The fourth-order valence-corrected chi connectivity index (χ4v) is 2.26. The first-order valence-electron chi connectivity index (χ1n) is 4.57. The van der Waals surface area contributed by atoms with Gasteiger partial charge in [-0.2, -0.15) is 0 Å². The molecule has 0 spiro atoms. The highest BCUT2D eigenvalue weighted by atomic mass is 32.1. The van der Waals surface area contributed by atoms with Crippen LogP contribution in [0.25, 0.3) is 10.6 Å². The zero-order valence-corrected chi connectivity index (χ0v) is 9.36. The minimum Gasteiger partial charge on any atom is -0.383 e. The molecule has 0 saturated carbocycles. The second-order valence-corrected chi connectivity index (χ2v) is 4.62. The van der Waals surface area contributed by atoms with E-state index in [9.17, 15) is 4.39 Å². The Morgan fingerprint density at radius 3 is 2.67 bits per heavy atom. The highest BCUT2D eigenvalue weighted by molar-refractivity contribution is 7.15. The lowest BCUT2D eigenvalue weighted by Gasteiger charge is -2.01. The zero-order chi connectivity index (χ0) is 11.0. The van der Waals surface area contributed by atoms with Crippen LogP contribution in [0.15, 0.2) is 18.2 Å². The molecule has 0 unspecified atom stereocenters. The number of halogens is 1. The van der Waals surface area contributed by atoms with E-state index in [1.807, 2.05) is 13.8 Å². The number of anilines is 1. The summed E-state index contributed by atoms with van der Waals surface area (Å²) in [7, 11) is 0. The summed E-state index contributed by atoms with van der Waals surface area (Å²) >= 11 is 1.49. The van der Waals surface area contributed by atoms with E-state index in [4.69, 9.17) is 5.73 Å². The van der Waals surface area contributed by atoms with E-state index in [0.717, 1.165) is 21.0 Å². The lowest BCUT2D eigenvalue weighted by molar-refractivity contribution is 0.628. The molecule has 2 rings (SSSR count). The topological polar surface area (TPSA) is 38.9 Å². The highest BCUT2D eigenvalue weighted by Gasteiger charge is 2.09. The molecule has 0 radical (unpaired) electrons. The number of hydrogen-bond acceptors (Lipinski definition) is 3. The van der Waals surface area contributed by atoms with Crippen molar-refractivity contribution < 1.29 is 4.39 Å². The average molecular weight is 222 g/mol. The third-order valence-corrected chi connectivity index (χ3v) is 3.28. The first kappa shape index (κ1) is 10.1. The molecule has 2 N–H and O–H groups in total. The van der Waals surface area contributed by atoms with Gasteiger partial charge in [0.15, 0.2) is 0 Å². The molecule has 1 heterocycles. The predicted molar refractivity (Wildman–Crippen MR) is 61.4 cm³/mol. The maximum atomic E-state index is 13.1. The number of nitrogens with zero attached hydrogens (tertiary/aromatic N) is 1. The van der Waals surface area contributed by atoms with E-state index in [-0.39, 0.29) is 5.82 Å². The van der Waals surface area contributed by atoms with Gasteiger partial charge in [-0.15, -0.1) is 11.3 Å². The molecule has 2 nitrogen and oxygen atoms in total. The lowest BCUT2D eigenvalue weighted by atomic mass is 10.1. The number of aromatic nitrogens is 1. The Hall–Kier alpha value is -1.42. The molecule has 0 aliphatic carbocycles. The van der Waals surface area contributed by atoms with Gasteiger partial charge in [0.2, 0.25) is 0 Å². The van der Waals surface area contributed by atoms with Crippen molar-refractivity contribution in [3.05, 3.63) is 34.5 Å². The minimum absolute atomic E-state index is 0.248. The molecule has 4 heteroatoms. The number of benzene rings is 1. The standard InChI is InChI=1S/C11H11FN2S/c1-6-3-4-8(12)5-9(6)11-14-10(13)7(2)15-11/h3-5H,13H2,1-2H3. The van der Waals surface area contributed by atoms with Crippen LogP contribution in [-0.2, 0) is 0 Å². The smallest absolute Gasteiger partial charge is 0.138 e. The fraction of sp³-hybridized carbons (Fsp3) is 0.182. The van der Waals surface area contributed by atoms with Gasteiger partial charge in [-0.25, -0.2) is 9.37 Å². The van der Waals surface area contributed by atoms with Gasteiger partial charge in [0.25, 0.3) is 0 Å². The summed E-state index contributed by atoms with van der Waals surface area (Å²) in [6.45, 7) is 3.84. The molecule has 0 atom stereocenters. The summed E-state index contributed by atoms with van der Waals surface area (Å²) in [5.41, 5.74) is 7.50. The molecule has 2 aromatic rings. The number of nitrogen functional groups attached to an aromatic ring is 1. The van der Waals surface area contributed by atoms with Crippen molar-refractivity contribution in [2.24, 2.45) is 0 Å². The highest BCUT2D eigenvalue weighted by Crippen LogP contribution is 2.31. The molecule has 0 aliphatic heterocycles. The maximum Gasteiger partial charge on any atom is 0.138 e. The Balaban J connectivity index is 2.58. The van der Waals surface area contributed by atoms with Gasteiger partial charge in [-0.1, -0.05) is 6.07 Å². The molecule has 78 valence electrons. The lowest BCUT2D eigenvalue weighted by Crippen LogP contribution is -1.88. The summed E-state index contributed by atoms with van der Waals surface area (Å²) in [4.78, 5) is 5.18. The van der Waals surface area contributed by atoms with Crippen LogP contribution in [0.3, 0.4) is 0 Å². The van der Waals surface area contributed by atoms with Crippen molar-refractivity contribution in [1.29, 1.82) is 0 Å². The van der Waals surface area contributed by atoms with E-state index >= 15 is 0 Å². The Morgan fingerprint density at radius 1 is 1.33 bits per heavy atom. The Morgan fingerprint density at radius 2 is 2.07 bits per heavy atom. The third-order valence-electron chi connectivity index (χ3n) is 2.26. The molecule has 0 saturated heterocycles. The van der Waals surface area contributed by atoms with E-state index in [0.29, 0.717) is 5.82 Å². The molecule has 0 fully saturated rings. The van der Waals surface area contributed by atoms with Crippen LogP contribution in [0.4, 0.5) is 10.2 Å². The predicted octanol–water partition coefficient (Wildman–Crippen LogP) is 3.15. The van der Waals surface area contributed by atoms with Crippen molar-refractivity contribution in [3.63, 3.8) is 0 Å². The number of nitrogens with two attached hydrogens (primary N) is 1. The zero-order valence-electron chi connectivity index (χ0n) is 8.54. The normalized spacial score (nSPS) is 10.6. The summed E-state index contributed by atoms with van der Waals surface area (Å²) in [6.07, 6.45) is 0. The molecular weight excluding hydrogens is 211 g/mol. The first-order chi connectivity index (χ1) is 7.08. The van der Waals surface area contributed by atoms with Gasteiger partial charge in [0.05, 0.1) is 0 Å². The van der Waals surface area contributed by atoms with Gasteiger partial charge in [0, 0.05) is 10.4 Å². The van der Waals surface area contributed by atoms with E-state index < -0.39 is 0 Å². The van der Waals surface area contributed by atoms with Gasteiger partial charge in [-0.05, 0) is 31.5 Å². The average Bonchev–Trinajstić information content (AvgIpc) is 2.51. The molecule has 0 amide bonds. The summed E-state index contributed by atoms with van der Waals surface area (Å²) in [5, 5.41) is 0.780. The van der Waals surface area contributed by atoms with Crippen molar-refractivity contribution >= 4 is 17.2 Å². The Labute approximate surface area is 91.6 Å². The Kier molecular flexibility index (Phi) is 2.44. The van der Waals surface area contributed by atoms with E-state index in [1.165, 1.54) is 23.5 Å². The Bertz CT molecular complexity index is 486. The van der Waals surface area contributed by atoms with Crippen molar-refractivity contribution in [2.75, 3.05) is 5.73 Å². The van der Waals surface area contributed by atoms with Crippen molar-refractivity contribution in [1.82, 2.24) is 4.98 Å². The van der Waals surface area contributed by atoms with E-state index in [1.54, 1.807) is 6.07 Å². The quantitative estimate of drug-likeness (QED) is 0.805. The molecule has 15 heavy (non-hydrogen) atoms. The minimum atomic E-state index is -0.248. The number of aryl methyl sites for hydroxylation is 2. The largest absolute Gasteiger partial charge is 0.383 e. The number of hydrogen-bond donors (Lipinski definition) is 1. The number of thiazole rings is 1. The monoisotopic (exact) mass is 222 g/mol. The van der Waals surface area contributed by atoms with Gasteiger partial charge in [-0.3, -0.25) is 0 Å². The number of rotatable bonds is 1. The second kappa shape index (κ2) is 3.62. The van der Waals surface area contributed by atoms with Gasteiger partial charge < -0.3 is 5.73 Å². The van der Waals surface area contributed by atoms with Crippen LogP contribution in [0, 0.1) is 19.7 Å². The van der Waals surface area contributed by atoms with Crippen LogP contribution in [0.1, 0.15) is 10.4 Å². The third kappa shape index (κ3) is 1.85. The fourth-order valence-electron chi connectivity index (χ4n) is 1.35. The molecule has 1 aromatic carbocycles. The van der Waals surface area contributed by atoms with Gasteiger partial charge in [0.1, 0.15) is 16.6 Å². The van der Waals surface area contributed by atoms with Crippen LogP contribution >= 0.6 is 11.3 Å². The SMILES string of the molecule is Cc1ccc(F)cc1-c1nc(N)c(C)s1. The van der Waals surface area contributed by atoms with Crippen molar-refractivity contribution in [3.8, 4) is 10.6 Å². The summed E-state index contributed by atoms with van der Waals surface area (Å²) in [6, 6.07) is 4.69. The molecular formula is C11H11FN2S. The molecule has 0 aliphatic rings. The molecule has 1 aromatic heterocycles. The van der Waals surface area contributed by atoms with E-state index in [2.05, 4.69) is 4.98 Å². The summed E-state index contributed by atoms with van der Waals surface area (Å²) in [5.74, 6) is 0.278. The van der Waals surface area contributed by atoms with Crippen LogP contribution in [0.5, 0.6) is 0 Å². The van der Waals surface area contributed by atoms with Crippen molar-refractivity contribution in [2.45, 2.75) is 13.8 Å². The van der Waals surface area contributed by atoms with Crippen LogP contribution in [-0.4, -0.2) is 4.98 Å². The first-order valence-corrected chi connectivity index (χ1v) is 5.39. The maximum absolute atomic E-state index is 13.1.